The Morgan fingerprint density at radius 1 is 1.12 bits per heavy atom. The fraction of sp³-hybridized carbons (Fsp3) is 0.200. The molecule has 0 saturated carbocycles. The fourth-order valence-corrected chi connectivity index (χ4v) is 3.06. The summed E-state index contributed by atoms with van der Waals surface area (Å²) in [6, 6.07) is 17.5. The van der Waals surface area contributed by atoms with Gasteiger partial charge in [-0.25, -0.2) is 4.98 Å². The Morgan fingerprint density at radius 2 is 1.88 bits per heavy atom. The van der Waals surface area contributed by atoms with Crippen molar-refractivity contribution >= 4 is 22.9 Å². The maximum atomic E-state index is 12.1. The van der Waals surface area contributed by atoms with Crippen molar-refractivity contribution in [2.75, 3.05) is 5.32 Å². The minimum absolute atomic E-state index is 0.0703. The number of hydrogen-bond acceptors (Lipinski definition) is 4. The van der Waals surface area contributed by atoms with E-state index in [0.717, 1.165) is 28.6 Å². The Morgan fingerprint density at radius 3 is 2.60 bits per heavy atom. The standard InChI is InChI=1S/C20H20N2O2S/c1-2-15-8-10-18(11-9-15)24-13-20-22-17(14-25-20)12-19(23)21-16-6-4-3-5-7-16/h3-11,14H,2,12-13H2,1H3,(H,21,23). The molecule has 25 heavy (non-hydrogen) atoms. The molecule has 128 valence electrons. The number of benzene rings is 2. The van der Waals surface area contributed by atoms with Crippen LogP contribution in [0.3, 0.4) is 0 Å². The van der Waals surface area contributed by atoms with Crippen molar-refractivity contribution in [1.29, 1.82) is 0 Å². The topological polar surface area (TPSA) is 51.2 Å². The normalized spacial score (nSPS) is 10.4. The molecule has 0 radical (unpaired) electrons. The number of hydrogen-bond donors (Lipinski definition) is 1. The van der Waals surface area contributed by atoms with Crippen molar-refractivity contribution in [2.45, 2.75) is 26.4 Å². The molecule has 3 aromatic rings. The number of carbonyl (C=O) groups is 1. The quantitative estimate of drug-likeness (QED) is 0.683. The first-order chi connectivity index (χ1) is 12.2. The predicted octanol–water partition coefficient (Wildman–Crippen LogP) is 4.47. The summed E-state index contributed by atoms with van der Waals surface area (Å²) in [6.45, 7) is 2.54. The summed E-state index contributed by atoms with van der Waals surface area (Å²) in [5, 5.41) is 5.63. The third-order valence-corrected chi connectivity index (χ3v) is 4.56. The highest BCUT2D eigenvalue weighted by atomic mass is 32.1. The molecular formula is C20H20N2O2S. The van der Waals surface area contributed by atoms with Gasteiger partial charge >= 0.3 is 0 Å². The lowest BCUT2D eigenvalue weighted by atomic mass is 10.2. The number of amides is 1. The largest absolute Gasteiger partial charge is 0.486 e. The molecule has 1 N–H and O–H groups in total. The van der Waals surface area contributed by atoms with E-state index in [4.69, 9.17) is 4.74 Å². The number of aryl methyl sites for hydroxylation is 1. The van der Waals surface area contributed by atoms with Gasteiger partial charge in [-0.05, 0) is 36.2 Å². The van der Waals surface area contributed by atoms with Gasteiger partial charge in [0, 0.05) is 11.1 Å². The molecule has 4 nitrogen and oxygen atoms in total. The molecule has 5 heteroatoms. The van der Waals surface area contributed by atoms with Crippen LogP contribution in [-0.4, -0.2) is 10.9 Å². The van der Waals surface area contributed by atoms with Crippen LogP contribution in [0.4, 0.5) is 5.69 Å². The molecule has 3 rings (SSSR count). The maximum absolute atomic E-state index is 12.1. The average Bonchev–Trinajstić information content (AvgIpc) is 3.08. The summed E-state index contributed by atoms with van der Waals surface area (Å²) in [5.74, 6) is 0.759. The molecule has 2 aromatic carbocycles. The van der Waals surface area contributed by atoms with E-state index >= 15 is 0 Å². The van der Waals surface area contributed by atoms with Crippen molar-refractivity contribution in [3.63, 3.8) is 0 Å². The van der Waals surface area contributed by atoms with E-state index in [2.05, 4.69) is 29.4 Å². The Hall–Kier alpha value is -2.66. The van der Waals surface area contributed by atoms with Crippen molar-refractivity contribution < 1.29 is 9.53 Å². The van der Waals surface area contributed by atoms with Gasteiger partial charge in [-0.15, -0.1) is 11.3 Å². The van der Waals surface area contributed by atoms with Crippen LogP contribution in [0.25, 0.3) is 0 Å². The van der Waals surface area contributed by atoms with Crippen LogP contribution in [0.5, 0.6) is 5.75 Å². The highest BCUT2D eigenvalue weighted by molar-refractivity contribution is 7.09. The van der Waals surface area contributed by atoms with Gasteiger partial charge in [-0.3, -0.25) is 4.79 Å². The molecule has 0 aliphatic carbocycles. The number of thiazole rings is 1. The molecule has 0 fully saturated rings. The van der Waals surface area contributed by atoms with Gasteiger partial charge in [-0.1, -0.05) is 37.3 Å². The predicted molar refractivity (Wildman–Crippen MR) is 101 cm³/mol. The van der Waals surface area contributed by atoms with Crippen LogP contribution in [0, 0.1) is 0 Å². The number of nitrogens with one attached hydrogen (secondary N) is 1. The lowest BCUT2D eigenvalue weighted by molar-refractivity contribution is -0.115. The highest BCUT2D eigenvalue weighted by Crippen LogP contribution is 2.17. The third kappa shape index (κ3) is 5.16. The number of para-hydroxylation sites is 1. The molecule has 1 amide bonds. The summed E-state index contributed by atoms with van der Waals surface area (Å²) in [5.41, 5.74) is 2.84. The maximum Gasteiger partial charge on any atom is 0.230 e. The van der Waals surface area contributed by atoms with Gasteiger partial charge in [0.1, 0.15) is 17.4 Å². The van der Waals surface area contributed by atoms with Crippen LogP contribution in [0.15, 0.2) is 60.0 Å². The fourth-order valence-electron chi connectivity index (χ4n) is 2.35. The second kappa shape index (κ2) is 8.44. The molecule has 0 unspecified atom stereocenters. The average molecular weight is 352 g/mol. The van der Waals surface area contributed by atoms with E-state index in [-0.39, 0.29) is 12.3 Å². The van der Waals surface area contributed by atoms with Crippen molar-refractivity contribution in [3.8, 4) is 5.75 Å². The zero-order chi connectivity index (χ0) is 17.5. The van der Waals surface area contributed by atoms with E-state index in [1.165, 1.54) is 16.9 Å². The molecule has 0 aliphatic heterocycles. The first kappa shape index (κ1) is 17.2. The first-order valence-electron chi connectivity index (χ1n) is 8.23. The van der Waals surface area contributed by atoms with E-state index < -0.39 is 0 Å². The molecule has 1 heterocycles. The lowest BCUT2D eigenvalue weighted by Crippen LogP contribution is -2.14. The highest BCUT2D eigenvalue weighted by Gasteiger charge is 2.08. The number of anilines is 1. The van der Waals surface area contributed by atoms with Gasteiger partial charge in [0.2, 0.25) is 5.91 Å². The minimum atomic E-state index is -0.0703. The van der Waals surface area contributed by atoms with Crippen LogP contribution >= 0.6 is 11.3 Å². The van der Waals surface area contributed by atoms with Gasteiger partial charge in [0.05, 0.1) is 12.1 Å². The van der Waals surface area contributed by atoms with Crippen molar-refractivity contribution in [3.05, 3.63) is 76.2 Å². The molecule has 0 bridgehead atoms. The third-order valence-electron chi connectivity index (χ3n) is 3.69. The number of nitrogens with zero attached hydrogens (tertiary/aromatic N) is 1. The van der Waals surface area contributed by atoms with Crippen LogP contribution < -0.4 is 10.1 Å². The van der Waals surface area contributed by atoms with Crippen molar-refractivity contribution in [2.24, 2.45) is 0 Å². The van der Waals surface area contributed by atoms with E-state index in [1.807, 2.05) is 47.8 Å². The molecule has 0 saturated heterocycles. The summed E-state index contributed by atoms with van der Waals surface area (Å²) >= 11 is 1.51. The van der Waals surface area contributed by atoms with Crippen LogP contribution in [-0.2, 0) is 24.2 Å². The Bertz CT molecular complexity index is 813. The summed E-state index contributed by atoms with van der Waals surface area (Å²) in [4.78, 5) is 16.5. The van der Waals surface area contributed by atoms with Crippen LogP contribution in [0.2, 0.25) is 0 Å². The first-order valence-corrected chi connectivity index (χ1v) is 9.11. The number of aromatic nitrogens is 1. The Balaban J connectivity index is 1.50. The second-order valence-corrected chi connectivity index (χ2v) is 6.55. The monoisotopic (exact) mass is 352 g/mol. The van der Waals surface area contributed by atoms with E-state index in [9.17, 15) is 4.79 Å². The summed E-state index contributed by atoms with van der Waals surface area (Å²) in [6.07, 6.45) is 1.28. The lowest BCUT2D eigenvalue weighted by Gasteiger charge is -2.05. The molecule has 0 aliphatic rings. The zero-order valence-corrected chi connectivity index (χ0v) is 14.9. The zero-order valence-electron chi connectivity index (χ0n) is 14.1. The molecule has 1 aromatic heterocycles. The second-order valence-electron chi connectivity index (χ2n) is 5.61. The van der Waals surface area contributed by atoms with E-state index in [1.54, 1.807) is 0 Å². The van der Waals surface area contributed by atoms with Crippen LogP contribution in [0.1, 0.15) is 23.2 Å². The Kier molecular flexibility index (Phi) is 5.80. The van der Waals surface area contributed by atoms with Crippen molar-refractivity contribution in [1.82, 2.24) is 4.98 Å². The summed E-state index contributed by atoms with van der Waals surface area (Å²) in [7, 11) is 0. The van der Waals surface area contributed by atoms with Gasteiger partial charge < -0.3 is 10.1 Å². The van der Waals surface area contributed by atoms with Gasteiger partial charge in [0.15, 0.2) is 0 Å². The van der Waals surface area contributed by atoms with E-state index in [0.29, 0.717) is 6.61 Å². The number of ether oxygens (including phenoxy) is 1. The molecule has 0 spiro atoms. The smallest absolute Gasteiger partial charge is 0.230 e. The number of carbonyl (C=O) groups excluding carboxylic acids is 1. The molecule has 0 atom stereocenters. The minimum Gasteiger partial charge on any atom is -0.486 e. The van der Waals surface area contributed by atoms with Gasteiger partial charge in [0.25, 0.3) is 0 Å². The number of rotatable bonds is 7. The Labute approximate surface area is 151 Å². The molecular weight excluding hydrogens is 332 g/mol. The summed E-state index contributed by atoms with van der Waals surface area (Å²) < 4.78 is 5.75. The van der Waals surface area contributed by atoms with Gasteiger partial charge in [-0.2, -0.15) is 0 Å². The SMILES string of the molecule is CCc1ccc(OCc2nc(CC(=O)Nc3ccccc3)cs2)cc1.